The van der Waals surface area contributed by atoms with Crippen molar-refractivity contribution in [3.05, 3.63) is 59.1 Å². The van der Waals surface area contributed by atoms with E-state index in [4.69, 9.17) is 16.0 Å². The molecule has 1 heterocycles. The van der Waals surface area contributed by atoms with Crippen LogP contribution in [0.2, 0.25) is 5.02 Å². The van der Waals surface area contributed by atoms with Gasteiger partial charge < -0.3 is 4.42 Å². The van der Waals surface area contributed by atoms with Crippen LogP contribution in [0, 0.1) is 6.92 Å². The summed E-state index contributed by atoms with van der Waals surface area (Å²) in [6.45, 7) is 1.96. The number of hydrogen-bond acceptors (Lipinski definition) is 6. The van der Waals surface area contributed by atoms with Crippen molar-refractivity contribution in [3.63, 3.8) is 0 Å². The molecule has 25 heavy (non-hydrogen) atoms. The number of aryl methyl sites for hydroxylation is 1. The summed E-state index contributed by atoms with van der Waals surface area (Å²) in [5.41, 5.74) is 1.91. The third-order valence-electron chi connectivity index (χ3n) is 3.53. The van der Waals surface area contributed by atoms with Crippen molar-refractivity contribution in [2.45, 2.75) is 17.0 Å². The Balaban J connectivity index is 1.63. The predicted molar refractivity (Wildman–Crippen MR) is 98.7 cm³/mol. The lowest BCUT2D eigenvalue weighted by Gasteiger charge is -2.03. The van der Waals surface area contributed by atoms with Gasteiger partial charge in [0.1, 0.15) is 0 Å². The predicted octanol–water partition coefficient (Wildman–Crippen LogP) is 4.26. The zero-order valence-electron chi connectivity index (χ0n) is 13.3. The van der Waals surface area contributed by atoms with Crippen LogP contribution in [0.4, 0.5) is 0 Å². The molecule has 0 aliphatic heterocycles. The summed E-state index contributed by atoms with van der Waals surface area (Å²) >= 11 is 7.00. The molecule has 1 aromatic heterocycles. The largest absolute Gasteiger partial charge is 0.411 e. The lowest BCUT2D eigenvalue weighted by Crippen LogP contribution is -2.08. The summed E-state index contributed by atoms with van der Waals surface area (Å²) < 4.78 is 30.2. The Kier molecular flexibility index (Phi) is 5.46. The Morgan fingerprint density at radius 1 is 1.08 bits per heavy atom. The third kappa shape index (κ3) is 4.42. The van der Waals surface area contributed by atoms with E-state index in [0.717, 1.165) is 11.1 Å². The van der Waals surface area contributed by atoms with Gasteiger partial charge in [0.2, 0.25) is 5.89 Å². The average Bonchev–Trinajstić information content (AvgIpc) is 3.04. The molecule has 2 aromatic carbocycles. The first-order chi connectivity index (χ1) is 12.0. The van der Waals surface area contributed by atoms with Crippen molar-refractivity contribution in [2.75, 3.05) is 11.5 Å². The van der Waals surface area contributed by atoms with Gasteiger partial charge in [-0.2, -0.15) is 0 Å². The van der Waals surface area contributed by atoms with Crippen LogP contribution in [0.1, 0.15) is 5.56 Å². The van der Waals surface area contributed by atoms with Crippen LogP contribution in [-0.4, -0.2) is 30.1 Å². The number of halogens is 1. The zero-order chi connectivity index (χ0) is 17.9. The van der Waals surface area contributed by atoms with Gasteiger partial charge in [0.05, 0.1) is 10.6 Å². The molecule has 0 amide bonds. The highest BCUT2D eigenvalue weighted by atomic mass is 35.5. The fourth-order valence-corrected chi connectivity index (χ4v) is 4.72. The van der Waals surface area contributed by atoms with Gasteiger partial charge in [0.15, 0.2) is 9.84 Å². The molecule has 0 saturated carbocycles. The topological polar surface area (TPSA) is 73.1 Å². The van der Waals surface area contributed by atoms with Gasteiger partial charge in [-0.1, -0.05) is 41.6 Å². The first kappa shape index (κ1) is 18.0. The molecule has 0 spiro atoms. The number of sulfone groups is 1. The van der Waals surface area contributed by atoms with Gasteiger partial charge in [0, 0.05) is 16.3 Å². The summed E-state index contributed by atoms with van der Waals surface area (Å²) in [4.78, 5) is 0.253. The number of hydrogen-bond donors (Lipinski definition) is 0. The standard InChI is InChI=1S/C17H15ClN2O3S2/c1-12-4-2-3-5-15(12)16-19-20-17(23-16)24-10-11-25(21,22)14-8-6-13(18)7-9-14/h2-9H,10-11H2,1H3. The van der Waals surface area contributed by atoms with Gasteiger partial charge in [-0.15, -0.1) is 10.2 Å². The van der Waals surface area contributed by atoms with Gasteiger partial charge in [-0.25, -0.2) is 8.42 Å². The maximum atomic E-state index is 12.3. The molecule has 8 heteroatoms. The van der Waals surface area contributed by atoms with Crippen molar-refractivity contribution >= 4 is 33.2 Å². The van der Waals surface area contributed by atoms with Crippen molar-refractivity contribution < 1.29 is 12.8 Å². The Morgan fingerprint density at radius 3 is 2.52 bits per heavy atom. The van der Waals surface area contributed by atoms with Gasteiger partial charge in [-0.3, -0.25) is 0 Å². The highest BCUT2D eigenvalue weighted by molar-refractivity contribution is 8.00. The molecule has 0 atom stereocenters. The Hall–Kier alpha value is -1.83. The molecule has 0 radical (unpaired) electrons. The smallest absolute Gasteiger partial charge is 0.276 e. The van der Waals surface area contributed by atoms with E-state index >= 15 is 0 Å². The minimum atomic E-state index is -3.37. The molecular formula is C17H15ClN2O3S2. The molecule has 0 aliphatic rings. The van der Waals surface area contributed by atoms with E-state index in [1.165, 1.54) is 23.9 Å². The van der Waals surface area contributed by atoms with Crippen LogP contribution in [0.15, 0.2) is 63.1 Å². The maximum Gasteiger partial charge on any atom is 0.276 e. The van der Waals surface area contributed by atoms with E-state index < -0.39 is 9.84 Å². The molecule has 5 nitrogen and oxygen atoms in total. The quantitative estimate of drug-likeness (QED) is 0.581. The van der Waals surface area contributed by atoms with E-state index in [2.05, 4.69) is 10.2 Å². The van der Waals surface area contributed by atoms with Gasteiger partial charge in [0.25, 0.3) is 5.22 Å². The first-order valence-corrected chi connectivity index (χ1v) is 10.5. The van der Waals surface area contributed by atoms with Crippen molar-refractivity contribution in [1.82, 2.24) is 10.2 Å². The highest BCUT2D eigenvalue weighted by Crippen LogP contribution is 2.26. The summed E-state index contributed by atoms with van der Waals surface area (Å²) in [5.74, 6) is 0.725. The third-order valence-corrected chi connectivity index (χ3v) is 6.59. The molecule has 0 fully saturated rings. The SMILES string of the molecule is Cc1ccccc1-c1nnc(SCCS(=O)(=O)c2ccc(Cl)cc2)o1. The lowest BCUT2D eigenvalue weighted by molar-refractivity contribution is 0.466. The second-order valence-corrected chi connectivity index (χ2v) is 8.90. The van der Waals surface area contributed by atoms with Crippen LogP contribution in [0.25, 0.3) is 11.5 Å². The number of benzene rings is 2. The van der Waals surface area contributed by atoms with Crippen LogP contribution >= 0.6 is 23.4 Å². The summed E-state index contributed by atoms with van der Waals surface area (Å²) in [6.07, 6.45) is 0. The van der Waals surface area contributed by atoms with Gasteiger partial charge in [-0.05, 0) is 42.8 Å². The summed E-state index contributed by atoms with van der Waals surface area (Å²) in [5, 5.41) is 8.85. The average molecular weight is 395 g/mol. The fourth-order valence-electron chi connectivity index (χ4n) is 2.19. The monoisotopic (exact) mass is 394 g/mol. The van der Waals surface area contributed by atoms with E-state index in [-0.39, 0.29) is 10.6 Å². The van der Waals surface area contributed by atoms with E-state index in [0.29, 0.717) is 21.9 Å². The lowest BCUT2D eigenvalue weighted by atomic mass is 10.1. The first-order valence-electron chi connectivity index (χ1n) is 7.46. The Labute approximate surface area is 155 Å². The molecule has 3 aromatic rings. The summed E-state index contributed by atoms with van der Waals surface area (Å²) in [7, 11) is -3.37. The second-order valence-electron chi connectivity index (χ2n) is 5.31. The van der Waals surface area contributed by atoms with Gasteiger partial charge >= 0.3 is 0 Å². The highest BCUT2D eigenvalue weighted by Gasteiger charge is 2.16. The number of nitrogens with zero attached hydrogens (tertiary/aromatic N) is 2. The molecule has 0 unspecified atom stereocenters. The number of rotatable bonds is 6. The molecular weight excluding hydrogens is 380 g/mol. The second kappa shape index (κ2) is 7.59. The van der Waals surface area contributed by atoms with Crippen molar-refractivity contribution in [2.24, 2.45) is 0 Å². The molecule has 0 aliphatic carbocycles. The Morgan fingerprint density at radius 2 is 1.80 bits per heavy atom. The van der Waals surface area contributed by atoms with E-state index in [1.807, 2.05) is 31.2 Å². The molecule has 0 N–H and O–H groups in total. The van der Waals surface area contributed by atoms with Crippen LogP contribution < -0.4 is 0 Å². The van der Waals surface area contributed by atoms with E-state index in [1.54, 1.807) is 12.1 Å². The minimum Gasteiger partial charge on any atom is -0.411 e. The van der Waals surface area contributed by atoms with Crippen LogP contribution in [-0.2, 0) is 9.84 Å². The zero-order valence-corrected chi connectivity index (χ0v) is 15.7. The number of aromatic nitrogens is 2. The van der Waals surface area contributed by atoms with Crippen LogP contribution in [0.3, 0.4) is 0 Å². The number of thioether (sulfide) groups is 1. The maximum absolute atomic E-state index is 12.3. The normalized spacial score (nSPS) is 11.6. The Bertz CT molecular complexity index is 970. The minimum absolute atomic E-state index is 0.0264. The molecule has 0 bridgehead atoms. The molecule has 0 saturated heterocycles. The summed E-state index contributed by atoms with van der Waals surface area (Å²) in [6, 6.07) is 13.8. The fraction of sp³-hybridized carbons (Fsp3) is 0.176. The van der Waals surface area contributed by atoms with E-state index in [9.17, 15) is 8.42 Å². The van der Waals surface area contributed by atoms with Crippen molar-refractivity contribution in [3.8, 4) is 11.5 Å². The van der Waals surface area contributed by atoms with Crippen molar-refractivity contribution in [1.29, 1.82) is 0 Å². The molecule has 3 rings (SSSR count). The molecule has 130 valence electrons. The van der Waals surface area contributed by atoms with Crippen LogP contribution in [0.5, 0.6) is 0 Å².